The zero-order valence-corrected chi connectivity index (χ0v) is 13.9. The highest BCUT2D eigenvalue weighted by molar-refractivity contribution is 5.93. The third-order valence-electron chi connectivity index (χ3n) is 4.99. The minimum atomic E-state index is -0.548. The molecule has 0 unspecified atom stereocenters. The van der Waals surface area contributed by atoms with Crippen molar-refractivity contribution in [2.75, 3.05) is 6.54 Å². The molecule has 2 aromatic rings. The molecule has 1 atom stereocenters. The van der Waals surface area contributed by atoms with E-state index in [0.29, 0.717) is 37.5 Å². The molecule has 7 nitrogen and oxygen atoms in total. The van der Waals surface area contributed by atoms with Crippen LogP contribution in [0.5, 0.6) is 0 Å². The van der Waals surface area contributed by atoms with Gasteiger partial charge in [-0.1, -0.05) is 12.1 Å². The van der Waals surface area contributed by atoms with E-state index >= 15 is 0 Å². The Kier molecular flexibility index (Phi) is 3.88. The van der Waals surface area contributed by atoms with Crippen LogP contribution in [0.15, 0.2) is 10.6 Å². The van der Waals surface area contributed by atoms with Crippen LogP contribution in [-0.4, -0.2) is 37.4 Å². The van der Waals surface area contributed by atoms with Crippen LogP contribution in [0.3, 0.4) is 0 Å². The first kappa shape index (κ1) is 15.4. The second-order valence-electron chi connectivity index (χ2n) is 6.58. The summed E-state index contributed by atoms with van der Waals surface area (Å²) >= 11 is 0. The van der Waals surface area contributed by atoms with E-state index in [1.165, 1.54) is 0 Å². The Morgan fingerprint density at radius 2 is 2.21 bits per heavy atom. The number of nitrogens with zero attached hydrogens (tertiary/aromatic N) is 4. The van der Waals surface area contributed by atoms with E-state index in [1.807, 2.05) is 17.7 Å². The number of amides is 1. The summed E-state index contributed by atoms with van der Waals surface area (Å²) in [6.07, 6.45) is 4.05. The van der Waals surface area contributed by atoms with Crippen molar-refractivity contribution in [2.45, 2.75) is 58.2 Å². The quantitative estimate of drug-likeness (QED) is 0.928. The Labute approximate surface area is 140 Å². The fraction of sp³-hybridized carbons (Fsp3) is 0.588. The molecule has 3 heterocycles. The average Bonchev–Trinajstić information content (AvgIpc) is 3.23. The van der Waals surface area contributed by atoms with Crippen LogP contribution in [-0.2, 0) is 25.9 Å². The average molecular weight is 330 g/mol. The van der Waals surface area contributed by atoms with Crippen LogP contribution in [0.2, 0.25) is 0 Å². The molecule has 2 aromatic heterocycles. The monoisotopic (exact) mass is 330 g/mol. The fourth-order valence-corrected chi connectivity index (χ4v) is 3.54. The maximum atomic E-state index is 12.9. The van der Waals surface area contributed by atoms with Gasteiger partial charge in [0.1, 0.15) is 0 Å². The van der Waals surface area contributed by atoms with Crippen molar-refractivity contribution in [3.63, 3.8) is 0 Å². The number of aryl methyl sites for hydroxylation is 1. The molecular weight excluding hydrogens is 308 g/mol. The molecule has 128 valence electrons. The minimum absolute atomic E-state index is 0.0873. The Morgan fingerprint density at radius 3 is 3.04 bits per heavy atom. The smallest absolute Gasteiger partial charge is 0.293 e. The first-order valence-electron chi connectivity index (χ1n) is 8.68. The molecule has 24 heavy (non-hydrogen) atoms. The summed E-state index contributed by atoms with van der Waals surface area (Å²) in [5.74, 6) is 0.321. The van der Waals surface area contributed by atoms with E-state index in [2.05, 4.69) is 10.3 Å². The van der Waals surface area contributed by atoms with Crippen molar-refractivity contribution in [3.8, 4) is 0 Å². The van der Waals surface area contributed by atoms with Crippen LogP contribution in [0.1, 0.15) is 65.5 Å². The van der Waals surface area contributed by atoms with Gasteiger partial charge >= 0.3 is 0 Å². The summed E-state index contributed by atoms with van der Waals surface area (Å²) in [5, 5.41) is 18.5. The van der Waals surface area contributed by atoms with Gasteiger partial charge in [0, 0.05) is 12.1 Å². The van der Waals surface area contributed by atoms with Gasteiger partial charge in [-0.25, -0.2) is 0 Å². The lowest BCUT2D eigenvalue weighted by Gasteiger charge is -2.27. The molecular formula is C17H22N4O3. The maximum Gasteiger partial charge on any atom is 0.293 e. The van der Waals surface area contributed by atoms with Crippen molar-refractivity contribution < 1.29 is 14.4 Å². The second kappa shape index (κ2) is 6.05. The molecule has 0 spiro atoms. The normalized spacial score (nSPS) is 18.2. The number of fused-ring (bicyclic) bond motifs is 2. The van der Waals surface area contributed by atoms with Crippen molar-refractivity contribution in [1.29, 1.82) is 0 Å². The van der Waals surface area contributed by atoms with Crippen molar-refractivity contribution >= 4 is 5.91 Å². The molecule has 7 heteroatoms. The Balaban J connectivity index is 1.55. The third-order valence-corrected chi connectivity index (χ3v) is 4.99. The van der Waals surface area contributed by atoms with Crippen LogP contribution in [0.4, 0.5) is 0 Å². The summed E-state index contributed by atoms with van der Waals surface area (Å²) in [5.41, 5.74) is 3.57. The van der Waals surface area contributed by atoms with Gasteiger partial charge < -0.3 is 14.5 Å². The molecule has 1 N–H and O–H groups in total. The summed E-state index contributed by atoms with van der Waals surface area (Å²) in [4.78, 5) is 14.6. The summed E-state index contributed by atoms with van der Waals surface area (Å²) < 4.78 is 7.26. The number of rotatable bonds is 3. The first-order valence-corrected chi connectivity index (χ1v) is 8.68. The lowest BCUT2D eigenvalue weighted by atomic mass is 9.96. The second-order valence-corrected chi connectivity index (χ2v) is 6.58. The molecule has 2 aliphatic rings. The largest absolute Gasteiger partial charge is 0.387 e. The van der Waals surface area contributed by atoms with Gasteiger partial charge in [0.2, 0.25) is 5.76 Å². The van der Waals surface area contributed by atoms with Crippen LogP contribution in [0.25, 0.3) is 0 Å². The van der Waals surface area contributed by atoms with Crippen LogP contribution in [0, 0.1) is 0 Å². The van der Waals surface area contributed by atoms with Crippen molar-refractivity contribution in [2.24, 2.45) is 0 Å². The van der Waals surface area contributed by atoms with Crippen LogP contribution < -0.4 is 0 Å². The number of aliphatic hydroxyl groups excluding tert-OH is 1. The Hall–Kier alpha value is -2.15. The molecule has 0 saturated heterocycles. The lowest BCUT2D eigenvalue weighted by molar-refractivity contribution is 0.0662. The van der Waals surface area contributed by atoms with Gasteiger partial charge in [0.05, 0.1) is 36.3 Å². The molecule has 0 fully saturated rings. The topological polar surface area (TPSA) is 84.4 Å². The molecule has 4 rings (SSSR count). The number of hydrogen-bond acceptors (Lipinski definition) is 5. The highest BCUT2D eigenvalue weighted by Crippen LogP contribution is 2.26. The lowest BCUT2D eigenvalue weighted by Crippen LogP contribution is -2.38. The van der Waals surface area contributed by atoms with E-state index in [0.717, 1.165) is 42.6 Å². The first-order chi connectivity index (χ1) is 11.7. The van der Waals surface area contributed by atoms with E-state index in [4.69, 9.17) is 4.52 Å². The van der Waals surface area contributed by atoms with E-state index in [1.54, 1.807) is 4.90 Å². The standard InChI is InChI=1S/C17H22N4O3/c1-2-15(22)14-9-11-10-20(7-8-21(11)18-14)17(23)16-12-5-3-4-6-13(12)19-24-16/h9,15,22H,2-8,10H2,1H3/t15-/m0/s1. The summed E-state index contributed by atoms with van der Waals surface area (Å²) in [7, 11) is 0. The predicted molar refractivity (Wildman–Crippen MR) is 85.4 cm³/mol. The minimum Gasteiger partial charge on any atom is -0.387 e. The zero-order chi connectivity index (χ0) is 16.7. The van der Waals surface area contributed by atoms with Gasteiger partial charge in [-0.3, -0.25) is 9.48 Å². The molecule has 0 radical (unpaired) electrons. The van der Waals surface area contributed by atoms with Crippen molar-refractivity contribution in [1.82, 2.24) is 19.8 Å². The molecule has 0 bridgehead atoms. The number of carbonyl (C=O) groups is 1. The van der Waals surface area contributed by atoms with Crippen LogP contribution >= 0.6 is 0 Å². The number of carbonyl (C=O) groups excluding carboxylic acids is 1. The molecule has 1 aliphatic carbocycles. The van der Waals surface area contributed by atoms with Gasteiger partial charge in [-0.05, 0) is 38.2 Å². The van der Waals surface area contributed by atoms with Crippen molar-refractivity contribution in [3.05, 3.63) is 34.5 Å². The Bertz CT molecular complexity index is 764. The van der Waals surface area contributed by atoms with Gasteiger partial charge in [0.15, 0.2) is 0 Å². The zero-order valence-electron chi connectivity index (χ0n) is 13.9. The van der Waals surface area contributed by atoms with E-state index in [9.17, 15) is 9.90 Å². The predicted octanol–water partition coefficient (Wildman–Crippen LogP) is 1.85. The third kappa shape index (κ3) is 2.53. The summed E-state index contributed by atoms with van der Waals surface area (Å²) in [6, 6.07) is 1.89. The summed E-state index contributed by atoms with van der Waals surface area (Å²) in [6.45, 7) is 3.63. The highest BCUT2D eigenvalue weighted by Gasteiger charge is 2.30. The highest BCUT2D eigenvalue weighted by atomic mass is 16.5. The maximum absolute atomic E-state index is 12.9. The number of hydrogen-bond donors (Lipinski definition) is 1. The van der Waals surface area contributed by atoms with Gasteiger partial charge in [-0.2, -0.15) is 5.10 Å². The van der Waals surface area contributed by atoms with E-state index in [-0.39, 0.29) is 5.91 Å². The number of aliphatic hydroxyl groups is 1. The fourth-order valence-electron chi connectivity index (χ4n) is 3.54. The van der Waals surface area contributed by atoms with Gasteiger partial charge in [-0.15, -0.1) is 0 Å². The van der Waals surface area contributed by atoms with E-state index < -0.39 is 6.10 Å². The van der Waals surface area contributed by atoms with Gasteiger partial charge in [0.25, 0.3) is 5.91 Å². The molecule has 1 amide bonds. The SMILES string of the molecule is CC[C@H](O)c1cc2n(n1)CCN(C(=O)c1onc3c1CCCC3)C2. The molecule has 1 aliphatic heterocycles. The molecule has 0 aromatic carbocycles. The number of aromatic nitrogens is 3. The molecule has 0 saturated carbocycles. The Morgan fingerprint density at radius 1 is 1.38 bits per heavy atom.